The molecule has 0 saturated carbocycles. The number of rotatable bonds is 13. The number of aliphatic carboxylic acids is 1. The number of thiol groups is 1. The predicted molar refractivity (Wildman–Crippen MR) is 130 cm³/mol. The van der Waals surface area contributed by atoms with Gasteiger partial charge < -0.3 is 32.3 Å². The fourth-order valence-corrected chi connectivity index (χ4v) is 3.44. The van der Waals surface area contributed by atoms with Gasteiger partial charge in [0.15, 0.2) is 6.29 Å². The number of carbonyl (C=O) groups is 5. The molecule has 12 nitrogen and oxygen atoms in total. The van der Waals surface area contributed by atoms with Crippen LogP contribution >= 0.6 is 12.6 Å². The first-order valence-electron chi connectivity index (χ1n) is 10.7. The zero-order valence-electron chi connectivity index (χ0n) is 19.8. The molecule has 35 heavy (non-hydrogen) atoms. The van der Waals surface area contributed by atoms with E-state index < -0.39 is 59.3 Å². The van der Waals surface area contributed by atoms with E-state index in [0.29, 0.717) is 11.8 Å². The summed E-state index contributed by atoms with van der Waals surface area (Å²) in [5.74, 6) is -3.85. The van der Waals surface area contributed by atoms with Gasteiger partial charge in [0.2, 0.25) is 17.7 Å². The van der Waals surface area contributed by atoms with Crippen molar-refractivity contribution in [3.63, 3.8) is 0 Å². The van der Waals surface area contributed by atoms with E-state index in [1.54, 1.807) is 20.8 Å². The van der Waals surface area contributed by atoms with Gasteiger partial charge in [0.1, 0.15) is 23.5 Å². The van der Waals surface area contributed by atoms with E-state index in [0.717, 1.165) is 0 Å². The summed E-state index contributed by atoms with van der Waals surface area (Å²) in [5, 5.41) is 26.2. The van der Waals surface area contributed by atoms with Crippen molar-refractivity contribution in [1.82, 2.24) is 16.0 Å². The Hall–Kier alpha value is -3.16. The summed E-state index contributed by atoms with van der Waals surface area (Å²) in [7, 11) is 0. The van der Waals surface area contributed by atoms with Gasteiger partial charge in [0.05, 0.1) is 12.5 Å². The van der Waals surface area contributed by atoms with Gasteiger partial charge in [-0.15, -0.1) is 0 Å². The number of nitrogens with two attached hydrogens (primary N) is 2. The van der Waals surface area contributed by atoms with Crippen LogP contribution < -0.4 is 27.4 Å². The molecule has 0 aromatic heterocycles. The largest absolute Gasteiger partial charge is 0.508 e. The van der Waals surface area contributed by atoms with Crippen molar-refractivity contribution in [2.75, 3.05) is 5.75 Å². The lowest BCUT2D eigenvalue weighted by atomic mass is 9.85. The summed E-state index contributed by atoms with van der Waals surface area (Å²) in [6, 6.07) is 2.04. The van der Waals surface area contributed by atoms with Crippen LogP contribution in [0.1, 0.15) is 32.8 Å². The van der Waals surface area contributed by atoms with Crippen molar-refractivity contribution in [2.45, 2.75) is 57.4 Å². The van der Waals surface area contributed by atoms with Crippen LogP contribution in [0.5, 0.6) is 5.75 Å². The minimum atomic E-state index is -1.84. The van der Waals surface area contributed by atoms with E-state index in [4.69, 9.17) is 11.5 Å². The highest BCUT2D eigenvalue weighted by Crippen LogP contribution is 2.20. The average molecular weight is 512 g/mol. The SMILES string of the molecule is CC(C)(C)C(NC(=O)C(CC(=O)O)NC(N)(C=O)Cc1ccc(O)cc1)C(=O)NC(CS)C(N)=O. The van der Waals surface area contributed by atoms with Gasteiger partial charge in [0, 0.05) is 12.2 Å². The number of nitrogens with one attached hydrogen (secondary N) is 3. The Bertz CT molecular complexity index is 935. The fraction of sp³-hybridized carbons (Fsp3) is 0.500. The number of hydrogen-bond acceptors (Lipinski definition) is 9. The Morgan fingerprint density at radius 3 is 2.06 bits per heavy atom. The molecule has 194 valence electrons. The third-order valence-electron chi connectivity index (χ3n) is 5.04. The van der Waals surface area contributed by atoms with Crippen molar-refractivity contribution < 1.29 is 34.2 Å². The molecule has 0 saturated heterocycles. The van der Waals surface area contributed by atoms with Gasteiger partial charge in [0.25, 0.3) is 0 Å². The summed E-state index contributed by atoms with van der Waals surface area (Å²) >= 11 is 3.98. The lowest BCUT2D eigenvalue weighted by Crippen LogP contribution is -2.65. The first-order chi connectivity index (χ1) is 16.1. The monoisotopic (exact) mass is 511 g/mol. The molecule has 0 heterocycles. The van der Waals surface area contributed by atoms with Crippen LogP contribution in [0.3, 0.4) is 0 Å². The number of carboxylic acid groups (broad SMARTS) is 1. The van der Waals surface area contributed by atoms with Gasteiger partial charge in [-0.05, 0) is 23.1 Å². The van der Waals surface area contributed by atoms with E-state index in [2.05, 4.69) is 28.6 Å². The molecule has 1 aromatic rings. The van der Waals surface area contributed by atoms with E-state index in [1.165, 1.54) is 24.3 Å². The van der Waals surface area contributed by atoms with E-state index in [9.17, 15) is 34.2 Å². The second-order valence-electron chi connectivity index (χ2n) is 9.25. The molecule has 4 unspecified atom stereocenters. The maximum absolute atomic E-state index is 13.1. The summed E-state index contributed by atoms with van der Waals surface area (Å²) in [6.07, 6.45) is -0.515. The van der Waals surface area contributed by atoms with Gasteiger partial charge in [-0.25, -0.2) is 0 Å². The molecule has 0 fully saturated rings. The molecule has 1 rings (SSSR count). The first kappa shape index (κ1) is 29.9. The standard InChI is InChI=1S/C22H33N5O7S/c1-21(2,3)17(20(34)25-15(10-35)18(23)32)26-19(33)14(8-16(30)31)27-22(24,11-28)9-12-4-6-13(29)7-5-12/h4-7,11,14-15,17,27,29,35H,8-10,24H2,1-3H3,(H2,23,32)(H,25,34)(H,26,33)(H,30,31). The number of amides is 3. The maximum atomic E-state index is 13.1. The minimum Gasteiger partial charge on any atom is -0.508 e. The van der Waals surface area contributed by atoms with Gasteiger partial charge >= 0.3 is 5.97 Å². The summed E-state index contributed by atoms with van der Waals surface area (Å²) in [6.45, 7) is 4.96. The van der Waals surface area contributed by atoms with Crippen LogP contribution in [0, 0.1) is 5.41 Å². The van der Waals surface area contributed by atoms with Crippen LogP contribution in [-0.2, 0) is 30.4 Å². The molecule has 0 aliphatic rings. The number of hydrogen-bond donors (Lipinski definition) is 8. The third-order valence-corrected chi connectivity index (χ3v) is 5.40. The topological polar surface area (TPSA) is 214 Å². The molecule has 0 aliphatic heterocycles. The smallest absolute Gasteiger partial charge is 0.305 e. The highest BCUT2D eigenvalue weighted by molar-refractivity contribution is 7.80. The number of phenolic OH excluding ortho intramolecular Hbond substituents is 1. The Kier molecular flexibility index (Phi) is 10.7. The first-order valence-corrected chi connectivity index (χ1v) is 11.3. The maximum Gasteiger partial charge on any atom is 0.305 e. The third kappa shape index (κ3) is 9.54. The lowest BCUT2D eigenvalue weighted by Gasteiger charge is -2.34. The van der Waals surface area contributed by atoms with Crippen molar-refractivity contribution in [3.8, 4) is 5.75 Å². The molecule has 4 atom stereocenters. The molecule has 0 spiro atoms. The molecule has 0 aliphatic carbocycles. The second-order valence-corrected chi connectivity index (χ2v) is 9.62. The van der Waals surface area contributed by atoms with Gasteiger partial charge in [-0.3, -0.25) is 29.3 Å². The minimum absolute atomic E-state index is 0.00144. The van der Waals surface area contributed by atoms with Crippen molar-refractivity contribution in [2.24, 2.45) is 16.9 Å². The number of carboxylic acids is 1. The molecule has 9 N–H and O–H groups in total. The molecule has 0 bridgehead atoms. The van der Waals surface area contributed by atoms with Gasteiger partial charge in [-0.2, -0.15) is 12.6 Å². The fourth-order valence-electron chi connectivity index (χ4n) is 3.17. The molecular weight excluding hydrogens is 478 g/mol. The zero-order valence-corrected chi connectivity index (χ0v) is 20.7. The number of primary amides is 1. The van der Waals surface area contributed by atoms with Crippen LogP contribution in [-0.4, -0.2) is 69.7 Å². The van der Waals surface area contributed by atoms with E-state index >= 15 is 0 Å². The molecule has 0 radical (unpaired) electrons. The highest BCUT2D eigenvalue weighted by Gasteiger charge is 2.38. The van der Waals surface area contributed by atoms with E-state index in [-0.39, 0.29) is 17.9 Å². The van der Waals surface area contributed by atoms with Crippen LogP contribution in [0.25, 0.3) is 0 Å². The predicted octanol–water partition coefficient (Wildman–Crippen LogP) is -1.35. The quantitative estimate of drug-likeness (QED) is 0.0891. The van der Waals surface area contributed by atoms with Crippen molar-refractivity contribution >= 4 is 42.6 Å². The van der Waals surface area contributed by atoms with Gasteiger partial charge in [-0.1, -0.05) is 32.9 Å². The van der Waals surface area contributed by atoms with Crippen molar-refractivity contribution in [3.05, 3.63) is 29.8 Å². The summed E-state index contributed by atoms with van der Waals surface area (Å²) in [4.78, 5) is 60.7. The molecule has 13 heteroatoms. The Balaban J connectivity index is 3.15. The van der Waals surface area contributed by atoms with Crippen LogP contribution in [0.4, 0.5) is 0 Å². The second kappa shape index (κ2) is 12.5. The zero-order chi connectivity index (χ0) is 27.0. The number of benzene rings is 1. The van der Waals surface area contributed by atoms with E-state index in [1.807, 2.05) is 0 Å². The average Bonchev–Trinajstić information content (AvgIpc) is 2.75. The Morgan fingerprint density at radius 2 is 1.63 bits per heavy atom. The highest BCUT2D eigenvalue weighted by atomic mass is 32.1. The molecular formula is C22H33N5O7S. The molecule has 3 amide bonds. The van der Waals surface area contributed by atoms with Crippen LogP contribution in [0.2, 0.25) is 0 Å². The van der Waals surface area contributed by atoms with Crippen molar-refractivity contribution in [1.29, 1.82) is 0 Å². The number of carbonyl (C=O) groups excluding carboxylic acids is 4. The summed E-state index contributed by atoms with van der Waals surface area (Å²) in [5.41, 5.74) is 9.20. The lowest BCUT2D eigenvalue weighted by molar-refractivity contribution is -0.141. The Labute approximate surface area is 208 Å². The number of aromatic hydroxyl groups is 1. The normalized spacial score (nSPS) is 15.7. The molecule has 1 aromatic carbocycles. The number of aldehydes is 1. The van der Waals surface area contributed by atoms with Crippen LogP contribution in [0.15, 0.2) is 24.3 Å². The summed E-state index contributed by atoms with van der Waals surface area (Å²) < 4.78 is 0. The Morgan fingerprint density at radius 1 is 1.06 bits per heavy atom. The number of phenols is 1.